The minimum Gasteiger partial charge on any atom is -0.457 e. The number of carbonyl (C=O) groups excluding carboxylic acids is 3. The highest BCUT2D eigenvalue weighted by Crippen LogP contribution is 2.22. The van der Waals surface area contributed by atoms with E-state index in [9.17, 15) is 27.6 Å². The van der Waals surface area contributed by atoms with Crippen LogP contribution in [0.1, 0.15) is 38.5 Å². The Morgan fingerprint density at radius 3 is 2.46 bits per heavy atom. The number of ether oxygens (including phenoxy) is 1. The lowest BCUT2D eigenvalue weighted by atomic mass is 10.1. The maximum atomic E-state index is 12.4. The third-order valence-electron chi connectivity index (χ3n) is 5.01. The van der Waals surface area contributed by atoms with E-state index in [0.717, 1.165) is 6.42 Å². The smallest absolute Gasteiger partial charge is 0.457 e. The van der Waals surface area contributed by atoms with Crippen molar-refractivity contribution in [3.63, 3.8) is 0 Å². The van der Waals surface area contributed by atoms with Gasteiger partial charge in [0, 0.05) is 19.5 Å². The van der Waals surface area contributed by atoms with Gasteiger partial charge in [0.1, 0.15) is 12.6 Å². The van der Waals surface area contributed by atoms with E-state index in [1.54, 1.807) is 0 Å². The highest BCUT2D eigenvalue weighted by atomic mass is 19.4. The first-order chi connectivity index (χ1) is 13.1. The molecule has 2 rings (SSSR count). The second kappa shape index (κ2) is 9.23. The number of rotatable bonds is 6. The molecule has 0 aromatic rings. The molecule has 0 saturated carbocycles. The number of hydrogen-bond donors (Lipinski definition) is 1. The summed E-state index contributed by atoms with van der Waals surface area (Å²) in [6.07, 6.45) is -2.72. The maximum absolute atomic E-state index is 12.4. The molecule has 2 N–H and O–H groups in total. The van der Waals surface area contributed by atoms with Gasteiger partial charge in [-0.15, -0.1) is 0 Å². The zero-order chi connectivity index (χ0) is 20.9. The van der Waals surface area contributed by atoms with Gasteiger partial charge in [0.2, 0.25) is 11.8 Å². The van der Waals surface area contributed by atoms with Crippen molar-refractivity contribution in [2.75, 3.05) is 19.7 Å². The highest BCUT2D eigenvalue weighted by Gasteiger charge is 2.42. The summed E-state index contributed by atoms with van der Waals surface area (Å²) < 4.78 is 40.9. The molecule has 2 amide bonds. The molecule has 2 aliphatic heterocycles. The molecule has 2 aliphatic rings. The molecule has 2 unspecified atom stereocenters. The van der Waals surface area contributed by atoms with Crippen LogP contribution in [0.25, 0.3) is 0 Å². The third kappa shape index (κ3) is 5.34. The van der Waals surface area contributed by atoms with Gasteiger partial charge in [0.25, 0.3) is 0 Å². The van der Waals surface area contributed by atoms with Crippen LogP contribution in [0.2, 0.25) is 0 Å². The molecular formula is C17H23F3N4O4. The lowest BCUT2D eigenvalue weighted by Gasteiger charge is -2.26. The average molecular weight is 404 g/mol. The first-order valence-electron chi connectivity index (χ1n) is 9.14. The number of nitriles is 1. The number of hydrogen-bond acceptors (Lipinski definition) is 6. The molecule has 0 bridgehead atoms. The van der Waals surface area contributed by atoms with Crippen molar-refractivity contribution >= 4 is 17.8 Å². The molecule has 0 aliphatic carbocycles. The molecular weight excluding hydrogens is 381 g/mol. The van der Waals surface area contributed by atoms with Crippen LogP contribution in [0.5, 0.6) is 0 Å². The number of amides is 2. The number of esters is 1. The van der Waals surface area contributed by atoms with Crippen molar-refractivity contribution < 1.29 is 32.3 Å². The number of nitrogens with zero attached hydrogens (tertiary/aromatic N) is 3. The molecule has 8 nitrogen and oxygen atoms in total. The summed E-state index contributed by atoms with van der Waals surface area (Å²) in [5.41, 5.74) is 5.88. The molecule has 2 heterocycles. The number of alkyl halides is 3. The Bertz CT molecular complexity index is 649. The highest BCUT2D eigenvalue weighted by molar-refractivity contribution is 5.84. The van der Waals surface area contributed by atoms with Crippen LogP contribution in [0.15, 0.2) is 0 Å². The van der Waals surface area contributed by atoms with Crippen LogP contribution < -0.4 is 5.73 Å². The van der Waals surface area contributed by atoms with Crippen molar-refractivity contribution in [2.24, 2.45) is 5.73 Å². The molecule has 2 fully saturated rings. The molecule has 11 heteroatoms. The predicted molar refractivity (Wildman–Crippen MR) is 89.3 cm³/mol. The standard InChI is InChI=1S/C17H23F3N4O4/c18-17(19,20)16(27)28-10-12-4-2-7-23(12)14(25)6-5-13(22)15(26)24-8-1-3-11(24)9-21/h11-13H,1-8,10,22H2/t11?,12-,13?/m0/s1. The summed E-state index contributed by atoms with van der Waals surface area (Å²) in [7, 11) is 0. The Labute approximate surface area is 160 Å². The summed E-state index contributed by atoms with van der Waals surface area (Å²) in [5, 5.41) is 9.05. The Morgan fingerprint density at radius 1 is 1.18 bits per heavy atom. The van der Waals surface area contributed by atoms with Gasteiger partial charge >= 0.3 is 12.1 Å². The van der Waals surface area contributed by atoms with E-state index in [2.05, 4.69) is 10.8 Å². The molecule has 0 radical (unpaired) electrons. The summed E-state index contributed by atoms with van der Waals surface area (Å²) >= 11 is 0. The van der Waals surface area contributed by atoms with Gasteiger partial charge in [-0.2, -0.15) is 18.4 Å². The molecule has 2 saturated heterocycles. The largest absolute Gasteiger partial charge is 0.490 e. The van der Waals surface area contributed by atoms with Crippen LogP contribution >= 0.6 is 0 Å². The normalized spacial score (nSPS) is 23.4. The van der Waals surface area contributed by atoms with Crippen molar-refractivity contribution in [3.05, 3.63) is 0 Å². The molecule has 28 heavy (non-hydrogen) atoms. The Morgan fingerprint density at radius 2 is 1.82 bits per heavy atom. The topological polar surface area (TPSA) is 117 Å². The van der Waals surface area contributed by atoms with Crippen LogP contribution in [0.3, 0.4) is 0 Å². The van der Waals surface area contributed by atoms with Crippen molar-refractivity contribution in [1.82, 2.24) is 9.80 Å². The summed E-state index contributed by atoms with van der Waals surface area (Å²) in [5.74, 6) is -3.02. The molecule has 156 valence electrons. The minimum atomic E-state index is -5.07. The van der Waals surface area contributed by atoms with Gasteiger partial charge in [-0.25, -0.2) is 4.79 Å². The summed E-state index contributed by atoms with van der Waals surface area (Å²) in [6, 6.07) is 0.00531. The number of nitrogens with two attached hydrogens (primary N) is 1. The van der Waals surface area contributed by atoms with Crippen LogP contribution in [0, 0.1) is 11.3 Å². The van der Waals surface area contributed by atoms with E-state index in [1.165, 1.54) is 9.80 Å². The molecule has 0 aromatic carbocycles. The lowest BCUT2D eigenvalue weighted by Crippen LogP contribution is -2.46. The average Bonchev–Trinajstić information content (AvgIpc) is 3.31. The Balaban J connectivity index is 1.82. The zero-order valence-electron chi connectivity index (χ0n) is 15.3. The van der Waals surface area contributed by atoms with Gasteiger partial charge in [-0.3, -0.25) is 9.59 Å². The van der Waals surface area contributed by atoms with Gasteiger partial charge in [-0.1, -0.05) is 0 Å². The van der Waals surface area contributed by atoms with E-state index in [-0.39, 0.29) is 24.7 Å². The lowest BCUT2D eigenvalue weighted by molar-refractivity contribution is -0.201. The van der Waals surface area contributed by atoms with Crippen molar-refractivity contribution in [1.29, 1.82) is 5.26 Å². The second-order valence-corrected chi connectivity index (χ2v) is 6.94. The number of halogens is 3. The van der Waals surface area contributed by atoms with E-state index < -0.39 is 36.9 Å². The van der Waals surface area contributed by atoms with E-state index >= 15 is 0 Å². The predicted octanol–water partition coefficient (Wildman–Crippen LogP) is 0.705. The monoisotopic (exact) mass is 404 g/mol. The number of carbonyl (C=O) groups is 3. The minimum absolute atomic E-state index is 0.0539. The fourth-order valence-corrected chi connectivity index (χ4v) is 3.51. The third-order valence-corrected chi connectivity index (χ3v) is 5.01. The molecule has 0 spiro atoms. The first kappa shape index (κ1) is 21.9. The quantitative estimate of drug-likeness (QED) is 0.652. The first-order valence-corrected chi connectivity index (χ1v) is 9.14. The molecule has 3 atom stereocenters. The van der Waals surface area contributed by atoms with Gasteiger partial charge in [0.15, 0.2) is 0 Å². The second-order valence-electron chi connectivity index (χ2n) is 6.94. The van der Waals surface area contributed by atoms with Crippen molar-refractivity contribution in [2.45, 2.75) is 62.8 Å². The fourth-order valence-electron chi connectivity index (χ4n) is 3.51. The summed E-state index contributed by atoms with van der Waals surface area (Å²) in [6.45, 7) is 0.281. The summed E-state index contributed by atoms with van der Waals surface area (Å²) in [4.78, 5) is 38.4. The van der Waals surface area contributed by atoms with Crippen LogP contribution in [-0.4, -0.2) is 71.6 Å². The zero-order valence-corrected chi connectivity index (χ0v) is 15.3. The SMILES string of the molecule is N#CC1CCCN1C(=O)C(N)CCC(=O)N1CCC[C@H]1COC(=O)C(F)(F)F. The Kier molecular flexibility index (Phi) is 7.23. The Hall–Kier alpha value is -2.35. The fraction of sp³-hybridized carbons (Fsp3) is 0.765. The van der Waals surface area contributed by atoms with Crippen LogP contribution in [0.4, 0.5) is 13.2 Å². The number of likely N-dealkylation sites (tertiary alicyclic amines) is 2. The molecule has 0 aromatic heterocycles. The van der Waals surface area contributed by atoms with Crippen LogP contribution in [-0.2, 0) is 19.1 Å². The van der Waals surface area contributed by atoms with Gasteiger partial charge in [0.05, 0.1) is 18.2 Å². The van der Waals surface area contributed by atoms with E-state index in [0.29, 0.717) is 32.4 Å². The van der Waals surface area contributed by atoms with Gasteiger partial charge < -0.3 is 20.3 Å². The van der Waals surface area contributed by atoms with Gasteiger partial charge in [-0.05, 0) is 32.1 Å². The van der Waals surface area contributed by atoms with E-state index in [1.807, 2.05) is 0 Å². The van der Waals surface area contributed by atoms with Crippen molar-refractivity contribution in [3.8, 4) is 6.07 Å². The van der Waals surface area contributed by atoms with E-state index in [4.69, 9.17) is 11.0 Å². The maximum Gasteiger partial charge on any atom is 0.490 e.